The van der Waals surface area contributed by atoms with Crippen LogP contribution in [0.1, 0.15) is 18.4 Å². The average molecular weight is 312 g/mol. The van der Waals surface area contributed by atoms with Crippen molar-refractivity contribution in [1.29, 1.82) is 0 Å². The second-order valence-electron chi connectivity index (χ2n) is 4.60. The first-order valence-corrected chi connectivity index (χ1v) is 6.51. The molecule has 1 fully saturated rings. The molecule has 0 aromatic carbocycles. The molecule has 6 nitrogen and oxygen atoms in total. The summed E-state index contributed by atoms with van der Waals surface area (Å²) in [6.45, 7) is 3.28. The summed E-state index contributed by atoms with van der Waals surface area (Å²) in [7, 11) is 1.52. The lowest BCUT2D eigenvalue weighted by atomic mass is 10.3. The van der Waals surface area contributed by atoms with Gasteiger partial charge in [0.15, 0.2) is 0 Å². The molecule has 1 saturated carbocycles. The van der Waals surface area contributed by atoms with Gasteiger partial charge in [-0.25, -0.2) is 4.98 Å². The fourth-order valence-corrected chi connectivity index (χ4v) is 1.59. The van der Waals surface area contributed by atoms with Crippen molar-refractivity contribution in [3.05, 3.63) is 24.0 Å². The highest BCUT2D eigenvalue weighted by atomic mass is 19.4. The summed E-state index contributed by atoms with van der Waals surface area (Å²) in [5, 5.41) is 5.49. The van der Waals surface area contributed by atoms with Gasteiger partial charge in [0.25, 0.3) is 0 Å². The highest BCUT2D eigenvalue weighted by Gasteiger charge is 2.36. The number of rotatable bonds is 5. The van der Waals surface area contributed by atoms with Crippen LogP contribution >= 0.6 is 0 Å². The van der Waals surface area contributed by atoms with Gasteiger partial charge in [-0.2, -0.15) is 18.2 Å². The molecule has 1 heterocycles. The first-order valence-electron chi connectivity index (χ1n) is 6.51. The molecule has 118 valence electrons. The number of hydrogen-bond donors (Lipinski definition) is 2. The molecule has 1 aromatic rings. The number of alkyl halides is 3. The summed E-state index contributed by atoms with van der Waals surface area (Å²) < 4.78 is 38.9. The van der Waals surface area contributed by atoms with Crippen LogP contribution in [0.3, 0.4) is 0 Å². The SMILES string of the molecule is C=N/C=C\C(=NC)Nc1ncc(C(F)(F)F)c(NC2CC2)n1. The minimum atomic E-state index is -4.51. The molecule has 0 atom stereocenters. The van der Waals surface area contributed by atoms with E-state index in [0.29, 0.717) is 5.84 Å². The standard InChI is InChI=1S/C13H15F3N6/c1-17-6-5-10(18-2)21-12-19-7-9(13(14,15)16)11(22-12)20-8-3-4-8/h5-8H,1,3-4H2,2H3,(H2,18,19,20,21,22)/b6-5-. The number of nitrogens with zero attached hydrogens (tertiary/aromatic N) is 4. The fourth-order valence-electron chi connectivity index (χ4n) is 1.59. The predicted molar refractivity (Wildman–Crippen MR) is 79.3 cm³/mol. The Morgan fingerprint density at radius 2 is 2.18 bits per heavy atom. The van der Waals surface area contributed by atoms with Gasteiger partial charge in [0.05, 0.1) is 0 Å². The minimum Gasteiger partial charge on any atom is -0.367 e. The fraction of sp³-hybridized carbons (Fsp3) is 0.385. The minimum absolute atomic E-state index is 0.0189. The van der Waals surface area contributed by atoms with Crippen molar-refractivity contribution in [3.63, 3.8) is 0 Å². The molecule has 0 aliphatic heterocycles. The molecular weight excluding hydrogens is 297 g/mol. The Kier molecular flexibility index (Phi) is 4.74. The van der Waals surface area contributed by atoms with Gasteiger partial charge in [-0.15, -0.1) is 0 Å². The second kappa shape index (κ2) is 6.54. The average Bonchev–Trinajstić information content (AvgIpc) is 3.26. The third kappa shape index (κ3) is 4.27. The van der Waals surface area contributed by atoms with Crippen LogP contribution in [-0.4, -0.2) is 35.6 Å². The van der Waals surface area contributed by atoms with Crippen molar-refractivity contribution >= 4 is 24.3 Å². The molecule has 9 heteroatoms. The maximum absolute atomic E-state index is 13.0. The molecule has 0 bridgehead atoms. The molecule has 0 radical (unpaired) electrons. The Bertz CT molecular complexity index is 604. The van der Waals surface area contributed by atoms with Crippen LogP contribution in [0.25, 0.3) is 0 Å². The Balaban J connectivity index is 2.25. The van der Waals surface area contributed by atoms with Crippen molar-refractivity contribution in [2.24, 2.45) is 9.98 Å². The van der Waals surface area contributed by atoms with E-state index in [4.69, 9.17) is 0 Å². The van der Waals surface area contributed by atoms with E-state index in [1.807, 2.05) is 0 Å². The van der Waals surface area contributed by atoms with Crippen molar-refractivity contribution in [1.82, 2.24) is 9.97 Å². The van der Waals surface area contributed by atoms with Gasteiger partial charge < -0.3 is 10.6 Å². The van der Waals surface area contributed by atoms with Crippen LogP contribution < -0.4 is 10.6 Å². The monoisotopic (exact) mass is 312 g/mol. The molecule has 1 aromatic heterocycles. The summed E-state index contributed by atoms with van der Waals surface area (Å²) >= 11 is 0. The van der Waals surface area contributed by atoms with Crippen molar-refractivity contribution in [3.8, 4) is 0 Å². The van der Waals surface area contributed by atoms with Crippen LogP contribution in [-0.2, 0) is 6.18 Å². The first-order chi connectivity index (χ1) is 10.4. The highest BCUT2D eigenvalue weighted by molar-refractivity contribution is 6.02. The van der Waals surface area contributed by atoms with Gasteiger partial charge in [0.1, 0.15) is 17.2 Å². The lowest BCUT2D eigenvalue weighted by Gasteiger charge is -2.14. The number of amidine groups is 1. The molecule has 2 rings (SSSR count). The molecule has 1 aliphatic carbocycles. The van der Waals surface area contributed by atoms with Gasteiger partial charge in [-0.3, -0.25) is 9.98 Å². The van der Waals surface area contributed by atoms with E-state index in [0.717, 1.165) is 19.0 Å². The lowest BCUT2D eigenvalue weighted by Crippen LogP contribution is -2.17. The second-order valence-corrected chi connectivity index (χ2v) is 4.60. The lowest BCUT2D eigenvalue weighted by molar-refractivity contribution is -0.137. The van der Waals surface area contributed by atoms with Crippen LogP contribution in [0.4, 0.5) is 24.9 Å². The summed E-state index contributed by atoms with van der Waals surface area (Å²) in [5.74, 6) is 0.142. The van der Waals surface area contributed by atoms with Crippen LogP contribution in [0, 0.1) is 0 Å². The van der Waals surface area contributed by atoms with Crippen molar-refractivity contribution < 1.29 is 13.2 Å². The van der Waals surface area contributed by atoms with E-state index in [-0.39, 0.29) is 17.8 Å². The molecule has 0 amide bonds. The van der Waals surface area contributed by atoms with Crippen LogP contribution in [0.2, 0.25) is 0 Å². The smallest absolute Gasteiger partial charge is 0.367 e. The van der Waals surface area contributed by atoms with Gasteiger partial charge in [-0.1, -0.05) is 0 Å². The number of nitrogens with one attached hydrogen (secondary N) is 2. The van der Waals surface area contributed by atoms with Gasteiger partial charge >= 0.3 is 6.18 Å². The number of aromatic nitrogens is 2. The molecule has 0 unspecified atom stereocenters. The molecule has 0 saturated heterocycles. The molecular formula is C13H15F3N6. The Labute approximate surface area is 125 Å². The predicted octanol–water partition coefficient (Wildman–Crippen LogP) is 2.72. The number of halogens is 3. The third-order valence-electron chi connectivity index (χ3n) is 2.83. The maximum atomic E-state index is 13.0. The molecule has 1 aliphatic rings. The first kappa shape index (κ1) is 15.9. The quantitative estimate of drug-likeness (QED) is 0.647. The Morgan fingerprint density at radius 3 is 2.73 bits per heavy atom. The molecule has 22 heavy (non-hydrogen) atoms. The van der Waals surface area contributed by atoms with Gasteiger partial charge in [0, 0.05) is 25.5 Å². The number of anilines is 2. The van der Waals surface area contributed by atoms with Crippen molar-refractivity contribution in [2.75, 3.05) is 17.7 Å². The number of hydrogen-bond acceptors (Lipinski definition) is 5. The van der Waals surface area contributed by atoms with Gasteiger partial charge in [-0.05, 0) is 25.6 Å². The van der Waals surface area contributed by atoms with E-state index in [2.05, 4.69) is 37.3 Å². The summed E-state index contributed by atoms with van der Waals surface area (Å²) in [5.41, 5.74) is -0.886. The van der Waals surface area contributed by atoms with Crippen LogP contribution in [0.5, 0.6) is 0 Å². The Hall–Kier alpha value is -2.45. The van der Waals surface area contributed by atoms with E-state index in [9.17, 15) is 13.2 Å². The van der Waals surface area contributed by atoms with E-state index < -0.39 is 11.7 Å². The number of aliphatic imine (C=N–C) groups is 2. The maximum Gasteiger partial charge on any atom is 0.421 e. The normalized spacial score (nSPS) is 15.9. The zero-order valence-corrected chi connectivity index (χ0v) is 11.9. The summed E-state index contributed by atoms with van der Waals surface area (Å²) in [4.78, 5) is 15.0. The van der Waals surface area contributed by atoms with Crippen molar-refractivity contribution in [2.45, 2.75) is 25.1 Å². The van der Waals surface area contributed by atoms with Crippen LogP contribution in [0.15, 0.2) is 28.5 Å². The molecule has 0 spiro atoms. The highest BCUT2D eigenvalue weighted by Crippen LogP contribution is 2.36. The van der Waals surface area contributed by atoms with E-state index in [1.165, 1.54) is 19.3 Å². The van der Waals surface area contributed by atoms with E-state index >= 15 is 0 Å². The molecule has 2 N–H and O–H groups in total. The Morgan fingerprint density at radius 1 is 1.45 bits per heavy atom. The summed E-state index contributed by atoms with van der Waals surface area (Å²) in [6.07, 6.45) is 0.802. The topological polar surface area (TPSA) is 74.6 Å². The van der Waals surface area contributed by atoms with Gasteiger partial charge in [0.2, 0.25) is 5.95 Å². The zero-order chi connectivity index (χ0) is 16.2. The van der Waals surface area contributed by atoms with E-state index in [1.54, 1.807) is 0 Å². The largest absolute Gasteiger partial charge is 0.421 e. The third-order valence-corrected chi connectivity index (χ3v) is 2.83. The summed E-state index contributed by atoms with van der Waals surface area (Å²) in [6, 6.07) is 0.0352. The zero-order valence-electron chi connectivity index (χ0n) is 11.9.